The number of carbonyl (C=O) groups is 3. The molecule has 1 unspecified atom stereocenters. The fourth-order valence-corrected chi connectivity index (χ4v) is 3.76. The van der Waals surface area contributed by atoms with Gasteiger partial charge < -0.3 is 15.5 Å². The number of hydrogen-bond acceptors (Lipinski definition) is 4. The van der Waals surface area contributed by atoms with Crippen molar-refractivity contribution in [2.45, 2.75) is 45.1 Å². The Bertz CT molecular complexity index is 702. The average molecular weight is 357 g/mol. The Morgan fingerprint density at radius 2 is 1.92 bits per heavy atom. The van der Waals surface area contributed by atoms with Crippen LogP contribution >= 0.6 is 0 Å². The van der Waals surface area contributed by atoms with E-state index in [9.17, 15) is 14.4 Å². The molecule has 1 aromatic carbocycles. The summed E-state index contributed by atoms with van der Waals surface area (Å²) in [5.74, 6) is -0.0565. The minimum atomic E-state index is -0.0714. The molecule has 26 heavy (non-hydrogen) atoms. The van der Waals surface area contributed by atoms with Gasteiger partial charge in [0.1, 0.15) is 0 Å². The summed E-state index contributed by atoms with van der Waals surface area (Å²) in [4.78, 5) is 37.7. The molecule has 1 atom stereocenters. The Hall–Kier alpha value is -2.21. The largest absolute Gasteiger partial charge is 0.352 e. The predicted octanol–water partition coefficient (Wildman–Crippen LogP) is 1.07. The number of nitrogens with zero attached hydrogens (tertiary/aromatic N) is 1. The average Bonchev–Trinajstić information content (AvgIpc) is 2.94. The summed E-state index contributed by atoms with van der Waals surface area (Å²) in [6.07, 6.45) is 3.17. The smallest absolute Gasteiger partial charge is 0.223 e. The van der Waals surface area contributed by atoms with Crippen molar-refractivity contribution < 1.29 is 14.4 Å². The Morgan fingerprint density at radius 3 is 2.69 bits per heavy atom. The van der Waals surface area contributed by atoms with Crippen molar-refractivity contribution in [3.05, 3.63) is 34.9 Å². The molecule has 2 heterocycles. The van der Waals surface area contributed by atoms with Crippen LogP contribution in [0.25, 0.3) is 0 Å². The van der Waals surface area contributed by atoms with Gasteiger partial charge in [0.05, 0.1) is 0 Å². The number of fused-ring (bicyclic) bond motifs is 1. The fourth-order valence-electron chi connectivity index (χ4n) is 3.76. The van der Waals surface area contributed by atoms with Gasteiger partial charge in [0.15, 0.2) is 5.78 Å². The third-order valence-electron chi connectivity index (χ3n) is 5.18. The summed E-state index contributed by atoms with van der Waals surface area (Å²) >= 11 is 0. The van der Waals surface area contributed by atoms with Crippen LogP contribution in [-0.2, 0) is 22.4 Å². The second kappa shape index (κ2) is 8.45. The molecule has 2 N–H and O–H groups in total. The third-order valence-corrected chi connectivity index (χ3v) is 5.18. The van der Waals surface area contributed by atoms with Gasteiger partial charge in [-0.05, 0) is 49.5 Å². The van der Waals surface area contributed by atoms with Crippen molar-refractivity contribution in [1.82, 2.24) is 15.5 Å². The van der Waals surface area contributed by atoms with Gasteiger partial charge in [0, 0.05) is 44.5 Å². The summed E-state index contributed by atoms with van der Waals surface area (Å²) in [6, 6.07) is 5.97. The van der Waals surface area contributed by atoms with Crippen LogP contribution in [0.4, 0.5) is 0 Å². The number of ketones is 1. The summed E-state index contributed by atoms with van der Waals surface area (Å²) < 4.78 is 0. The molecule has 0 aliphatic carbocycles. The van der Waals surface area contributed by atoms with E-state index in [1.54, 1.807) is 4.90 Å². The molecule has 1 fully saturated rings. The van der Waals surface area contributed by atoms with E-state index in [2.05, 4.69) is 16.7 Å². The van der Waals surface area contributed by atoms with Crippen LogP contribution in [-0.4, -0.2) is 54.7 Å². The van der Waals surface area contributed by atoms with Crippen molar-refractivity contribution in [1.29, 1.82) is 0 Å². The molecule has 0 spiro atoms. The lowest BCUT2D eigenvalue weighted by Gasteiger charge is -2.16. The van der Waals surface area contributed by atoms with Crippen LogP contribution in [0, 0.1) is 0 Å². The predicted molar refractivity (Wildman–Crippen MR) is 99.1 cm³/mol. The highest BCUT2D eigenvalue weighted by molar-refractivity contribution is 5.98. The number of rotatable bonds is 5. The number of likely N-dealkylation sites (tertiary alicyclic amines) is 1. The van der Waals surface area contributed by atoms with Crippen molar-refractivity contribution in [3.8, 4) is 0 Å². The zero-order chi connectivity index (χ0) is 18.5. The van der Waals surface area contributed by atoms with Crippen LogP contribution < -0.4 is 10.6 Å². The topological polar surface area (TPSA) is 78.5 Å². The van der Waals surface area contributed by atoms with Gasteiger partial charge in [-0.1, -0.05) is 12.1 Å². The summed E-state index contributed by atoms with van der Waals surface area (Å²) in [7, 11) is 0. The monoisotopic (exact) mass is 357 g/mol. The normalized spacial score (nSPS) is 19.6. The van der Waals surface area contributed by atoms with Gasteiger partial charge in [0.25, 0.3) is 0 Å². The van der Waals surface area contributed by atoms with Gasteiger partial charge in [-0.2, -0.15) is 0 Å². The molecule has 6 heteroatoms. The highest BCUT2D eigenvalue weighted by Gasteiger charge is 2.26. The molecule has 2 aliphatic heterocycles. The maximum absolute atomic E-state index is 12.5. The first-order valence-electron chi connectivity index (χ1n) is 9.43. The molecule has 2 amide bonds. The molecule has 0 bridgehead atoms. The van der Waals surface area contributed by atoms with E-state index in [0.717, 1.165) is 32.4 Å². The molecule has 0 saturated carbocycles. The molecule has 0 aromatic heterocycles. The first-order valence-corrected chi connectivity index (χ1v) is 9.43. The summed E-state index contributed by atoms with van der Waals surface area (Å²) in [5.41, 5.74) is 3.25. The van der Waals surface area contributed by atoms with E-state index < -0.39 is 0 Å². The molecule has 140 valence electrons. The van der Waals surface area contributed by atoms with Gasteiger partial charge in [-0.25, -0.2) is 0 Å². The number of amides is 2. The van der Waals surface area contributed by atoms with Gasteiger partial charge in [-0.15, -0.1) is 0 Å². The van der Waals surface area contributed by atoms with Crippen LogP contribution in [0.5, 0.6) is 0 Å². The Kier molecular flexibility index (Phi) is 6.04. The van der Waals surface area contributed by atoms with E-state index in [0.29, 0.717) is 18.7 Å². The van der Waals surface area contributed by atoms with E-state index in [1.165, 1.54) is 18.1 Å². The fraction of sp³-hybridized carbons (Fsp3) is 0.550. The number of benzene rings is 1. The number of Topliss-reactive ketones (excluding diaryl/α,β-unsaturated/α-hetero) is 1. The van der Waals surface area contributed by atoms with Crippen LogP contribution in [0.15, 0.2) is 18.2 Å². The highest BCUT2D eigenvalue weighted by atomic mass is 16.2. The minimum absolute atomic E-state index is 0.00911. The Morgan fingerprint density at radius 1 is 1.15 bits per heavy atom. The standard InChI is InChI=1S/C20H27N3O3/c1-14(24)22-18-8-11-23(13-18)20(26)5-4-19(25)17-3-2-15-6-9-21-10-7-16(15)12-17/h2-3,12,18,21H,4-11,13H2,1H3,(H,22,24). The Labute approximate surface area is 154 Å². The molecular formula is C20H27N3O3. The summed E-state index contributed by atoms with van der Waals surface area (Å²) in [5, 5.41) is 6.21. The van der Waals surface area contributed by atoms with Crippen molar-refractivity contribution in [2.24, 2.45) is 0 Å². The van der Waals surface area contributed by atoms with Crippen LogP contribution in [0.1, 0.15) is 47.7 Å². The van der Waals surface area contributed by atoms with Crippen LogP contribution in [0.2, 0.25) is 0 Å². The first-order chi connectivity index (χ1) is 12.5. The van der Waals surface area contributed by atoms with E-state index >= 15 is 0 Å². The molecule has 2 aliphatic rings. The van der Waals surface area contributed by atoms with Gasteiger partial charge >= 0.3 is 0 Å². The number of carbonyl (C=O) groups excluding carboxylic acids is 3. The zero-order valence-corrected chi connectivity index (χ0v) is 15.3. The van der Waals surface area contributed by atoms with E-state index in [4.69, 9.17) is 0 Å². The molecule has 1 saturated heterocycles. The quantitative estimate of drug-likeness (QED) is 0.773. The lowest BCUT2D eigenvalue weighted by molar-refractivity contribution is -0.130. The summed E-state index contributed by atoms with van der Waals surface area (Å²) in [6.45, 7) is 4.58. The van der Waals surface area contributed by atoms with E-state index in [1.807, 2.05) is 12.1 Å². The van der Waals surface area contributed by atoms with Crippen molar-refractivity contribution in [2.75, 3.05) is 26.2 Å². The maximum atomic E-state index is 12.5. The molecule has 6 nitrogen and oxygen atoms in total. The third kappa shape index (κ3) is 4.69. The second-order valence-corrected chi connectivity index (χ2v) is 7.18. The lowest BCUT2D eigenvalue weighted by atomic mass is 9.97. The van der Waals surface area contributed by atoms with Crippen molar-refractivity contribution in [3.63, 3.8) is 0 Å². The molecule has 1 aromatic rings. The van der Waals surface area contributed by atoms with Crippen molar-refractivity contribution >= 4 is 17.6 Å². The zero-order valence-electron chi connectivity index (χ0n) is 15.3. The van der Waals surface area contributed by atoms with E-state index in [-0.39, 0.29) is 36.5 Å². The maximum Gasteiger partial charge on any atom is 0.223 e. The number of nitrogens with one attached hydrogen (secondary N) is 2. The highest BCUT2D eigenvalue weighted by Crippen LogP contribution is 2.18. The van der Waals surface area contributed by atoms with Gasteiger partial charge in [0.2, 0.25) is 11.8 Å². The van der Waals surface area contributed by atoms with Crippen LogP contribution in [0.3, 0.4) is 0 Å². The van der Waals surface area contributed by atoms with Gasteiger partial charge in [-0.3, -0.25) is 14.4 Å². The Balaban J connectivity index is 1.52. The first kappa shape index (κ1) is 18.6. The number of hydrogen-bond donors (Lipinski definition) is 2. The molecular weight excluding hydrogens is 330 g/mol. The molecule has 3 rings (SSSR count). The SMILES string of the molecule is CC(=O)NC1CCN(C(=O)CCC(=O)c2ccc3c(c2)CCNCC3)C1. The lowest BCUT2D eigenvalue weighted by Crippen LogP contribution is -2.37. The molecule has 0 radical (unpaired) electrons. The second-order valence-electron chi connectivity index (χ2n) is 7.18. The minimum Gasteiger partial charge on any atom is -0.352 e.